The van der Waals surface area contributed by atoms with Crippen LogP contribution in [0.3, 0.4) is 0 Å². The molecule has 0 unspecified atom stereocenters. The second kappa shape index (κ2) is 4.75. The fourth-order valence-corrected chi connectivity index (χ4v) is 1.20. The van der Waals surface area contributed by atoms with Crippen molar-refractivity contribution >= 4 is 6.34 Å². The molecule has 2 nitrogen and oxygen atoms in total. The van der Waals surface area contributed by atoms with Gasteiger partial charge >= 0.3 is 0 Å². The Balaban J connectivity index is 2.67. The molecule has 0 atom stereocenters. The Morgan fingerprint density at radius 3 is 3.17 bits per heavy atom. The number of aliphatic imine (C=N–C) groups is 1. The summed E-state index contributed by atoms with van der Waals surface area (Å²) in [6.07, 6.45) is 8.46. The maximum absolute atomic E-state index is 4.16. The number of hydrogen-bond donors (Lipinski definition) is 1. The van der Waals surface area contributed by atoms with Gasteiger partial charge in [0.1, 0.15) is 0 Å². The molecule has 0 bridgehead atoms. The van der Waals surface area contributed by atoms with Crippen molar-refractivity contribution in [2.75, 3.05) is 6.54 Å². The fraction of sp³-hybridized carbons (Fsp3) is 0.500. The lowest BCUT2D eigenvalue weighted by Gasteiger charge is -2.14. The van der Waals surface area contributed by atoms with Gasteiger partial charge < -0.3 is 5.32 Å². The number of hydrogen-bond acceptors (Lipinski definition) is 2. The number of rotatable bonds is 2. The zero-order valence-corrected chi connectivity index (χ0v) is 7.80. The van der Waals surface area contributed by atoms with Gasteiger partial charge in [0.2, 0.25) is 0 Å². The van der Waals surface area contributed by atoms with E-state index in [9.17, 15) is 0 Å². The van der Waals surface area contributed by atoms with Gasteiger partial charge in [-0.2, -0.15) is 0 Å². The summed E-state index contributed by atoms with van der Waals surface area (Å²) in [5.74, 6) is 0. The molecule has 0 aromatic heterocycles. The van der Waals surface area contributed by atoms with Crippen molar-refractivity contribution < 1.29 is 0 Å². The molecular formula is C10H16N2. The van der Waals surface area contributed by atoms with Crippen molar-refractivity contribution in [3.63, 3.8) is 0 Å². The van der Waals surface area contributed by atoms with Gasteiger partial charge in [-0.05, 0) is 18.9 Å². The molecule has 66 valence electrons. The predicted molar refractivity (Wildman–Crippen MR) is 53.2 cm³/mol. The SMILES string of the molecule is C/C=C1/NC=NC/C1=C/CCC. The lowest BCUT2D eigenvalue weighted by molar-refractivity contribution is 0.923. The van der Waals surface area contributed by atoms with Crippen LogP contribution in [0.15, 0.2) is 28.4 Å². The largest absolute Gasteiger partial charge is 0.347 e. The van der Waals surface area contributed by atoms with Crippen molar-refractivity contribution in [2.24, 2.45) is 4.99 Å². The van der Waals surface area contributed by atoms with E-state index in [4.69, 9.17) is 0 Å². The summed E-state index contributed by atoms with van der Waals surface area (Å²) in [5, 5.41) is 3.13. The third kappa shape index (κ3) is 2.22. The van der Waals surface area contributed by atoms with E-state index >= 15 is 0 Å². The molecule has 1 N–H and O–H groups in total. The highest BCUT2D eigenvalue weighted by Gasteiger charge is 2.04. The zero-order valence-electron chi connectivity index (χ0n) is 7.80. The van der Waals surface area contributed by atoms with Crippen LogP contribution in [0.5, 0.6) is 0 Å². The van der Waals surface area contributed by atoms with Crippen molar-refractivity contribution in [1.82, 2.24) is 5.32 Å². The molecule has 0 saturated carbocycles. The van der Waals surface area contributed by atoms with E-state index in [0.29, 0.717) is 0 Å². The molecule has 0 aliphatic carbocycles. The fourth-order valence-electron chi connectivity index (χ4n) is 1.20. The zero-order chi connectivity index (χ0) is 8.81. The maximum Gasteiger partial charge on any atom is 0.0872 e. The van der Waals surface area contributed by atoms with E-state index in [1.807, 2.05) is 6.92 Å². The van der Waals surface area contributed by atoms with Crippen molar-refractivity contribution in [3.05, 3.63) is 23.4 Å². The smallest absolute Gasteiger partial charge is 0.0872 e. The normalized spacial score (nSPS) is 23.2. The van der Waals surface area contributed by atoms with Gasteiger partial charge in [0.25, 0.3) is 0 Å². The van der Waals surface area contributed by atoms with Gasteiger partial charge in [0, 0.05) is 5.70 Å². The van der Waals surface area contributed by atoms with E-state index in [-0.39, 0.29) is 0 Å². The van der Waals surface area contributed by atoms with Gasteiger partial charge in [0.05, 0.1) is 12.9 Å². The Bertz CT molecular complexity index is 224. The van der Waals surface area contributed by atoms with Crippen LogP contribution < -0.4 is 5.32 Å². The van der Waals surface area contributed by atoms with Crippen LogP contribution in [0, 0.1) is 0 Å². The summed E-state index contributed by atoms with van der Waals surface area (Å²) in [7, 11) is 0. The Morgan fingerprint density at radius 1 is 1.67 bits per heavy atom. The monoisotopic (exact) mass is 164 g/mol. The van der Waals surface area contributed by atoms with Crippen LogP contribution in [0.2, 0.25) is 0 Å². The summed E-state index contributed by atoms with van der Waals surface area (Å²) < 4.78 is 0. The highest BCUT2D eigenvalue weighted by molar-refractivity contribution is 5.63. The number of nitrogens with zero attached hydrogens (tertiary/aromatic N) is 1. The average molecular weight is 164 g/mol. The molecule has 0 fully saturated rings. The molecular weight excluding hydrogens is 148 g/mol. The van der Waals surface area contributed by atoms with Crippen LogP contribution in [-0.2, 0) is 0 Å². The second-order valence-corrected chi connectivity index (χ2v) is 2.83. The Kier molecular flexibility index (Phi) is 3.58. The first kappa shape index (κ1) is 9.04. The minimum absolute atomic E-state index is 0.826. The van der Waals surface area contributed by atoms with Crippen LogP contribution in [0.4, 0.5) is 0 Å². The van der Waals surface area contributed by atoms with Crippen molar-refractivity contribution in [2.45, 2.75) is 26.7 Å². The minimum atomic E-state index is 0.826. The number of nitrogens with one attached hydrogen (secondary N) is 1. The van der Waals surface area contributed by atoms with Crippen LogP contribution in [-0.4, -0.2) is 12.9 Å². The first-order valence-corrected chi connectivity index (χ1v) is 4.49. The number of allylic oxidation sites excluding steroid dienone is 2. The van der Waals surface area contributed by atoms with Gasteiger partial charge in [-0.15, -0.1) is 0 Å². The highest BCUT2D eigenvalue weighted by atomic mass is 15.0. The van der Waals surface area contributed by atoms with E-state index in [1.54, 1.807) is 6.34 Å². The third-order valence-corrected chi connectivity index (χ3v) is 1.89. The first-order valence-electron chi connectivity index (χ1n) is 4.49. The molecule has 1 aliphatic heterocycles. The lowest BCUT2D eigenvalue weighted by Crippen LogP contribution is -2.19. The van der Waals surface area contributed by atoms with Gasteiger partial charge in [0.15, 0.2) is 0 Å². The second-order valence-electron chi connectivity index (χ2n) is 2.83. The molecule has 1 aliphatic rings. The summed E-state index contributed by atoms with van der Waals surface area (Å²) >= 11 is 0. The first-order chi connectivity index (χ1) is 5.88. The summed E-state index contributed by atoms with van der Waals surface area (Å²) in [6, 6.07) is 0. The molecule has 2 heteroatoms. The van der Waals surface area contributed by atoms with Gasteiger partial charge in [-0.1, -0.05) is 25.5 Å². The Hall–Kier alpha value is -1.05. The van der Waals surface area contributed by atoms with Gasteiger partial charge in [-0.25, -0.2) is 0 Å². The number of unbranched alkanes of at least 4 members (excludes halogenated alkanes) is 1. The predicted octanol–water partition coefficient (Wildman–Crippen LogP) is 2.25. The average Bonchev–Trinajstić information content (AvgIpc) is 2.15. The molecule has 1 heterocycles. The lowest BCUT2D eigenvalue weighted by atomic mass is 10.1. The van der Waals surface area contributed by atoms with E-state index in [2.05, 4.69) is 29.4 Å². The van der Waals surface area contributed by atoms with E-state index in [1.165, 1.54) is 17.7 Å². The Labute approximate surface area is 74.1 Å². The summed E-state index contributed by atoms with van der Waals surface area (Å²) in [4.78, 5) is 4.16. The molecule has 0 amide bonds. The van der Waals surface area contributed by atoms with Crippen LogP contribution in [0.25, 0.3) is 0 Å². The van der Waals surface area contributed by atoms with Crippen LogP contribution >= 0.6 is 0 Å². The van der Waals surface area contributed by atoms with Crippen LogP contribution in [0.1, 0.15) is 26.7 Å². The van der Waals surface area contributed by atoms with E-state index in [0.717, 1.165) is 13.0 Å². The maximum atomic E-state index is 4.16. The molecule has 0 spiro atoms. The standard InChI is InChI=1S/C10H16N2/c1-3-5-6-9-7-11-8-12-10(9)4-2/h4,6,8H,3,5,7H2,1-2H3,(H,11,12)/b9-6-,10-4+. The van der Waals surface area contributed by atoms with E-state index < -0.39 is 0 Å². The van der Waals surface area contributed by atoms with Crippen molar-refractivity contribution in [1.29, 1.82) is 0 Å². The Morgan fingerprint density at radius 2 is 2.50 bits per heavy atom. The molecule has 0 aromatic carbocycles. The highest BCUT2D eigenvalue weighted by Crippen LogP contribution is 2.11. The molecule has 0 radical (unpaired) electrons. The third-order valence-electron chi connectivity index (χ3n) is 1.89. The molecule has 0 saturated heterocycles. The summed E-state index contributed by atoms with van der Waals surface area (Å²) in [5.41, 5.74) is 2.53. The van der Waals surface area contributed by atoms with Crippen molar-refractivity contribution in [3.8, 4) is 0 Å². The molecule has 0 aromatic rings. The van der Waals surface area contributed by atoms with Gasteiger partial charge in [-0.3, -0.25) is 4.99 Å². The minimum Gasteiger partial charge on any atom is -0.347 e. The quantitative estimate of drug-likeness (QED) is 0.665. The summed E-state index contributed by atoms with van der Waals surface area (Å²) in [6.45, 7) is 5.06. The molecule has 1 rings (SSSR count). The molecule has 12 heavy (non-hydrogen) atoms. The topological polar surface area (TPSA) is 24.4 Å².